The van der Waals surface area contributed by atoms with Crippen LogP contribution >= 0.6 is 35.3 Å². The van der Waals surface area contributed by atoms with Gasteiger partial charge in [0.15, 0.2) is 16.1 Å². The fourth-order valence-corrected chi connectivity index (χ4v) is 6.40. The number of carbonyl (C=O) groups excluding carboxylic acids is 2. The van der Waals surface area contributed by atoms with E-state index in [9.17, 15) is 23.7 Å². The topological polar surface area (TPSA) is 190 Å². The largest absolute Gasteiger partial charge is 0.462 e. The molecule has 4 N–H and O–H groups in total. The van der Waals surface area contributed by atoms with Crippen LogP contribution < -0.4 is 26.6 Å². The number of halogens is 2. The van der Waals surface area contributed by atoms with Crippen LogP contribution in [-0.2, 0) is 32.9 Å². The Labute approximate surface area is 261 Å². The first-order chi connectivity index (χ1) is 20.0. The molecule has 1 aromatic heterocycles. The second-order valence-electron chi connectivity index (χ2n) is 10.4. The number of carbonyl (C=O) groups is 2. The molecule has 0 unspecified atom stereocenters. The van der Waals surface area contributed by atoms with Gasteiger partial charge in [0.1, 0.15) is 23.9 Å². The first-order valence-electron chi connectivity index (χ1n) is 13.3. The number of esters is 2. The first-order valence-corrected chi connectivity index (χ1v) is 16.0. The minimum atomic E-state index is -4.36. The number of hydrogen-bond acceptors (Lipinski definition) is 11. The van der Waals surface area contributed by atoms with E-state index in [1.807, 2.05) is 0 Å². The number of aromatic nitrogens is 2. The van der Waals surface area contributed by atoms with Crippen LogP contribution in [0.4, 0.5) is 0 Å². The van der Waals surface area contributed by atoms with Crippen molar-refractivity contribution < 1.29 is 37.4 Å². The molecule has 17 heteroatoms. The van der Waals surface area contributed by atoms with Crippen molar-refractivity contribution in [3.05, 3.63) is 63.4 Å². The Kier molecular flexibility index (Phi) is 11.8. The number of para-hydroxylation sites is 1. The Hall–Kier alpha value is -2.52. The van der Waals surface area contributed by atoms with Crippen LogP contribution in [0.3, 0.4) is 0 Å². The van der Waals surface area contributed by atoms with Gasteiger partial charge in [0, 0.05) is 12.3 Å². The molecule has 2 heterocycles. The molecule has 238 valence electrons. The molecule has 0 bridgehead atoms. The van der Waals surface area contributed by atoms with Gasteiger partial charge < -0.3 is 24.5 Å². The summed E-state index contributed by atoms with van der Waals surface area (Å²) in [7, 11) is -4.36. The van der Waals surface area contributed by atoms with Gasteiger partial charge in [-0.05, 0) is 38.8 Å². The van der Waals surface area contributed by atoms with Gasteiger partial charge in [-0.3, -0.25) is 28.5 Å². The zero-order chi connectivity index (χ0) is 32.1. The third kappa shape index (κ3) is 9.00. The van der Waals surface area contributed by atoms with Crippen molar-refractivity contribution in [3.63, 3.8) is 0 Å². The second-order valence-corrected chi connectivity index (χ2v) is 14.5. The minimum absolute atomic E-state index is 0.158. The molecule has 1 aliphatic rings. The van der Waals surface area contributed by atoms with Crippen LogP contribution in [0.1, 0.15) is 40.8 Å². The summed E-state index contributed by atoms with van der Waals surface area (Å²) in [6, 6.07) is 6.98. The average Bonchev–Trinajstić information content (AvgIpc) is 3.16. The normalized spacial score (nSPS) is 24.7. The summed E-state index contributed by atoms with van der Waals surface area (Å²) in [5.74, 6) is -1.66. The lowest BCUT2D eigenvalue weighted by Crippen LogP contribution is -2.47. The highest BCUT2D eigenvalue weighted by Gasteiger charge is 2.59. The van der Waals surface area contributed by atoms with Crippen LogP contribution in [0.2, 0.25) is 0 Å². The third-order valence-corrected chi connectivity index (χ3v) is 9.01. The predicted octanol–water partition coefficient (Wildman–Crippen LogP) is 2.79. The molecule has 1 saturated heterocycles. The van der Waals surface area contributed by atoms with Crippen molar-refractivity contribution in [2.75, 3.05) is 6.61 Å². The molecule has 0 aliphatic carbocycles. The molecule has 14 nitrogen and oxygen atoms in total. The zero-order valence-corrected chi connectivity index (χ0v) is 27.3. The fraction of sp³-hybridized carbons (Fsp3) is 0.538. The number of nitrogens with one attached hydrogen (secondary N) is 2. The van der Waals surface area contributed by atoms with Gasteiger partial charge in [0.25, 0.3) is 5.56 Å². The summed E-state index contributed by atoms with van der Waals surface area (Å²) in [6.07, 6.45) is -3.28. The number of aromatic amines is 1. The number of benzene rings is 1. The van der Waals surface area contributed by atoms with E-state index >= 15 is 0 Å². The summed E-state index contributed by atoms with van der Waals surface area (Å²) >= 11 is 10.1. The Morgan fingerprint density at radius 3 is 2.40 bits per heavy atom. The number of nitrogens with two attached hydrogens (primary N) is 1. The van der Waals surface area contributed by atoms with Crippen LogP contribution in [0.25, 0.3) is 0 Å². The van der Waals surface area contributed by atoms with Gasteiger partial charge in [0.05, 0.1) is 12.7 Å². The summed E-state index contributed by atoms with van der Waals surface area (Å²) in [6.45, 7) is 7.60. The van der Waals surface area contributed by atoms with Gasteiger partial charge in [-0.25, -0.2) is 9.36 Å². The molecule has 1 aromatic carbocycles. The van der Waals surface area contributed by atoms with E-state index in [1.54, 1.807) is 45.9 Å². The smallest absolute Gasteiger partial charge is 0.459 e. The van der Waals surface area contributed by atoms with E-state index in [2.05, 4.69) is 26.0 Å². The van der Waals surface area contributed by atoms with Gasteiger partial charge in [-0.1, -0.05) is 59.6 Å². The van der Waals surface area contributed by atoms with E-state index < -0.39 is 77.9 Å². The zero-order valence-electron chi connectivity index (χ0n) is 24.1. The summed E-state index contributed by atoms with van der Waals surface area (Å²) < 4.78 is 41.4. The molecule has 0 saturated carbocycles. The van der Waals surface area contributed by atoms with Gasteiger partial charge >= 0.3 is 25.4 Å². The Morgan fingerprint density at radius 2 is 1.81 bits per heavy atom. The number of nitrogens with zero attached hydrogens (tertiary/aromatic N) is 1. The van der Waals surface area contributed by atoms with E-state index in [1.165, 1.54) is 19.1 Å². The fourth-order valence-electron chi connectivity index (χ4n) is 3.84. The maximum Gasteiger partial charge on any atom is 0.459 e. The van der Waals surface area contributed by atoms with Crippen molar-refractivity contribution >= 4 is 47.2 Å². The van der Waals surface area contributed by atoms with Crippen molar-refractivity contribution in [1.29, 1.82) is 0 Å². The lowest BCUT2D eigenvalue weighted by atomic mass is 10.1. The van der Waals surface area contributed by atoms with Crippen molar-refractivity contribution in [2.24, 2.45) is 11.7 Å². The molecule has 0 radical (unpaired) electrons. The van der Waals surface area contributed by atoms with E-state index in [0.717, 1.165) is 16.8 Å². The predicted molar refractivity (Wildman–Crippen MR) is 160 cm³/mol. The Balaban J connectivity index is 1.94. The highest BCUT2D eigenvalue weighted by molar-refractivity contribution is 9.10. The van der Waals surface area contributed by atoms with Gasteiger partial charge in [-0.2, -0.15) is 5.09 Å². The van der Waals surface area contributed by atoms with Gasteiger partial charge in [0.2, 0.25) is 0 Å². The summed E-state index contributed by atoms with van der Waals surface area (Å²) in [5, 5.41) is 2.55. The first kappa shape index (κ1) is 35.0. The lowest BCUT2D eigenvalue weighted by molar-refractivity contribution is -0.155. The number of ether oxygens (including phenoxy) is 3. The summed E-state index contributed by atoms with van der Waals surface area (Å²) in [5.41, 5.74) is 4.47. The highest BCUT2D eigenvalue weighted by Crippen LogP contribution is 2.51. The molecule has 3 rings (SSSR count). The maximum atomic E-state index is 14.0. The molecule has 0 spiro atoms. The molecule has 43 heavy (non-hydrogen) atoms. The number of rotatable bonds is 13. The second kappa shape index (κ2) is 14.5. The van der Waals surface area contributed by atoms with Crippen LogP contribution in [0.15, 0.2) is 52.2 Å². The van der Waals surface area contributed by atoms with E-state index in [-0.39, 0.29) is 11.7 Å². The molecule has 0 amide bonds. The number of alkyl halides is 2. The molecule has 2 aromatic rings. The Morgan fingerprint density at radius 1 is 1.16 bits per heavy atom. The van der Waals surface area contributed by atoms with Gasteiger partial charge in [-0.15, -0.1) is 0 Å². The average molecular weight is 710 g/mol. The molecular weight excluding hydrogens is 675 g/mol. The molecule has 1 fully saturated rings. The standard InChI is InChI=1S/C26H35BrClN4O10P/c1-14(2)20(29)23(35)41-21-18(40-24(26(21,27)28)32-12-11-19(33)30-25(32)36)13-38-43(37,42-17-9-7-6-8-10-17)31-16(5)22(34)39-15(3)4/h6-12,14-16,18,20-21,24H,13,29H2,1-5H3,(H,31,37)(H,30,33,36)/t16-,18+,20-,21+,24+,26-,43-/m0/s1. The van der Waals surface area contributed by atoms with Crippen LogP contribution in [0.5, 0.6) is 5.75 Å². The van der Waals surface area contributed by atoms with Crippen molar-refractivity contribution in [2.45, 2.75) is 75.0 Å². The monoisotopic (exact) mass is 708 g/mol. The van der Waals surface area contributed by atoms with Crippen LogP contribution in [0, 0.1) is 5.92 Å². The SMILES string of the molecule is CC(C)OC(=O)[C@H](C)N[P@](=O)(OC[C@H]1O[C@@H](n2ccc(=O)[nH]c2=O)[C@](Cl)(Br)[C@@H]1OC(=O)[C@@H](N)C(C)C)Oc1ccccc1. The maximum absolute atomic E-state index is 14.0. The molecular formula is C26H35BrClN4O10P. The third-order valence-electron chi connectivity index (χ3n) is 6.12. The minimum Gasteiger partial charge on any atom is -0.462 e. The van der Waals surface area contributed by atoms with Crippen molar-refractivity contribution in [1.82, 2.24) is 14.6 Å². The number of H-pyrrole nitrogens is 1. The number of hydrogen-bond donors (Lipinski definition) is 3. The van der Waals surface area contributed by atoms with E-state index in [4.69, 9.17) is 40.6 Å². The highest BCUT2D eigenvalue weighted by atomic mass is 79.9. The van der Waals surface area contributed by atoms with Crippen molar-refractivity contribution in [3.8, 4) is 5.75 Å². The van der Waals surface area contributed by atoms with Crippen LogP contribution in [-0.4, -0.2) is 62.3 Å². The lowest BCUT2D eigenvalue weighted by Gasteiger charge is -2.29. The molecule has 1 aliphatic heterocycles. The van der Waals surface area contributed by atoms with E-state index in [0.29, 0.717) is 0 Å². The summed E-state index contributed by atoms with van der Waals surface area (Å²) in [4.78, 5) is 51.7. The Bertz CT molecular complexity index is 1440. The quantitative estimate of drug-likeness (QED) is 0.157. The molecule has 7 atom stereocenters.